The van der Waals surface area contributed by atoms with E-state index in [1.807, 2.05) is 13.8 Å². The topological polar surface area (TPSA) is 46.5 Å². The van der Waals surface area contributed by atoms with Crippen molar-refractivity contribution < 1.29 is 14.6 Å². The van der Waals surface area contributed by atoms with Gasteiger partial charge in [-0.3, -0.25) is 4.79 Å². The second kappa shape index (κ2) is 6.83. The highest BCUT2D eigenvalue weighted by molar-refractivity contribution is 5.72. The van der Waals surface area contributed by atoms with Gasteiger partial charge < -0.3 is 9.84 Å². The highest BCUT2D eigenvalue weighted by Crippen LogP contribution is 2.21. The van der Waals surface area contributed by atoms with Gasteiger partial charge >= 0.3 is 5.97 Å². The van der Waals surface area contributed by atoms with E-state index in [4.69, 9.17) is 9.84 Å². The zero-order valence-corrected chi connectivity index (χ0v) is 10.5. The minimum atomic E-state index is -0.583. The van der Waals surface area contributed by atoms with E-state index in [0.717, 1.165) is 6.42 Å². The molecular weight excluding hydrogens is 192 g/mol. The van der Waals surface area contributed by atoms with Gasteiger partial charge in [-0.1, -0.05) is 27.7 Å². The van der Waals surface area contributed by atoms with Gasteiger partial charge in [-0.2, -0.15) is 0 Å². The molecule has 0 spiro atoms. The molecule has 0 aliphatic heterocycles. The molecular formula is C12H24O3. The maximum Gasteiger partial charge on any atom is 0.309 e. The van der Waals surface area contributed by atoms with Crippen molar-refractivity contribution >= 4 is 5.97 Å². The lowest BCUT2D eigenvalue weighted by Gasteiger charge is -2.21. The van der Waals surface area contributed by atoms with Crippen LogP contribution in [0.1, 0.15) is 41.0 Å². The summed E-state index contributed by atoms with van der Waals surface area (Å²) in [5.74, 6) is 0.536. The largest absolute Gasteiger partial charge is 0.463 e. The maximum atomic E-state index is 11.7. The molecule has 0 rings (SSSR count). The van der Waals surface area contributed by atoms with Gasteiger partial charge in [0.25, 0.3) is 0 Å². The van der Waals surface area contributed by atoms with Crippen molar-refractivity contribution in [3.63, 3.8) is 0 Å². The van der Waals surface area contributed by atoms with Crippen LogP contribution in [0, 0.1) is 17.8 Å². The quantitative estimate of drug-likeness (QED) is 0.692. The maximum absolute atomic E-state index is 11.7. The summed E-state index contributed by atoms with van der Waals surface area (Å²) in [6.07, 6.45) is 0.261. The van der Waals surface area contributed by atoms with Crippen molar-refractivity contribution in [1.29, 1.82) is 0 Å². The summed E-state index contributed by atoms with van der Waals surface area (Å²) in [5.41, 5.74) is 0. The molecule has 0 aromatic carbocycles. The van der Waals surface area contributed by atoms with Gasteiger partial charge in [0.1, 0.15) is 6.61 Å². The SMILES string of the molecule is CC(C)CC(C(=O)OCC(C)O)C(C)C. The van der Waals surface area contributed by atoms with E-state index < -0.39 is 6.10 Å². The molecule has 0 saturated heterocycles. The van der Waals surface area contributed by atoms with Crippen LogP contribution in [-0.4, -0.2) is 23.8 Å². The molecule has 2 atom stereocenters. The number of esters is 1. The monoisotopic (exact) mass is 216 g/mol. The van der Waals surface area contributed by atoms with E-state index in [1.165, 1.54) is 0 Å². The number of aliphatic hydroxyl groups excluding tert-OH is 1. The number of hydrogen-bond donors (Lipinski definition) is 1. The lowest BCUT2D eigenvalue weighted by Crippen LogP contribution is -2.27. The first-order chi connectivity index (χ1) is 6.84. The third-order valence-electron chi connectivity index (χ3n) is 2.30. The summed E-state index contributed by atoms with van der Waals surface area (Å²) in [4.78, 5) is 11.7. The second-order valence-electron chi connectivity index (χ2n) is 4.96. The van der Waals surface area contributed by atoms with E-state index in [-0.39, 0.29) is 24.4 Å². The molecule has 0 radical (unpaired) electrons. The Balaban J connectivity index is 4.17. The normalized spacial score (nSPS) is 15.5. The van der Waals surface area contributed by atoms with Gasteiger partial charge in [0.15, 0.2) is 0 Å². The number of aliphatic hydroxyl groups is 1. The van der Waals surface area contributed by atoms with Gasteiger partial charge in [-0.25, -0.2) is 0 Å². The van der Waals surface area contributed by atoms with Crippen LogP contribution >= 0.6 is 0 Å². The van der Waals surface area contributed by atoms with Crippen molar-refractivity contribution in [2.24, 2.45) is 17.8 Å². The summed E-state index contributed by atoms with van der Waals surface area (Å²) in [7, 11) is 0. The molecule has 1 N–H and O–H groups in total. The Kier molecular flexibility index (Phi) is 6.57. The van der Waals surface area contributed by atoms with Crippen molar-refractivity contribution in [3.8, 4) is 0 Å². The molecule has 0 fully saturated rings. The summed E-state index contributed by atoms with van der Waals surface area (Å²) in [5, 5.41) is 9.03. The second-order valence-corrected chi connectivity index (χ2v) is 4.96. The van der Waals surface area contributed by atoms with E-state index in [1.54, 1.807) is 6.92 Å². The van der Waals surface area contributed by atoms with Gasteiger partial charge in [-0.05, 0) is 25.2 Å². The van der Waals surface area contributed by atoms with Crippen LogP contribution in [0.25, 0.3) is 0 Å². The lowest BCUT2D eigenvalue weighted by atomic mass is 9.88. The molecule has 2 unspecified atom stereocenters. The summed E-state index contributed by atoms with van der Waals surface area (Å²) in [6.45, 7) is 9.95. The van der Waals surface area contributed by atoms with E-state index >= 15 is 0 Å². The first-order valence-electron chi connectivity index (χ1n) is 5.69. The summed E-state index contributed by atoms with van der Waals surface area (Å²) >= 11 is 0. The van der Waals surface area contributed by atoms with Gasteiger partial charge in [0.05, 0.1) is 12.0 Å². The molecule has 90 valence electrons. The Bertz CT molecular complexity index is 185. The first-order valence-corrected chi connectivity index (χ1v) is 5.69. The highest BCUT2D eigenvalue weighted by atomic mass is 16.5. The molecule has 0 saturated carbocycles. The zero-order valence-electron chi connectivity index (χ0n) is 10.5. The number of carbonyl (C=O) groups is 1. The molecule has 0 aromatic rings. The Labute approximate surface area is 92.8 Å². The fourth-order valence-electron chi connectivity index (χ4n) is 1.46. The van der Waals surface area contributed by atoms with Crippen molar-refractivity contribution in [2.75, 3.05) is 6.61 Å². The van der Waals surface area contributed by atoms with Crippen LogP contribution in [0.15, 0.2) is 0 Å². The molecule has 3 nitrogen and oxygen atoms in total. The number of carbonyl (C=O) groups excluding carboxylic acids is 1. The molecule has 15 heavy (non-hydrogen) atoms. The lowest BCUT2D eigenvalue weighted by molar-refractivity contribution is -0.153. The Hall–Kier alpha value is -0.570. The van der Waals surface area contributed by atoms with E-state index in [0.29, 0.717) is 5.92 Å². The van der Waals surface area contributed by atoms with Crippen LogP contribution in [-0.2, 0) is 9.53 Å². The molecule has 0 aliphatic rings. The van der Waals surface area contributed by atoms with Crippen molar-refractivity contribution in [3.05, 3.63) is 0 Å². The highest BCUT2D eigenvalue weighted by Gasteiger charge is 2.24. The average Bonchev–Trinajstić information content (AvgIpc) is 2.09. The van der Waals surface area contributed by atoms with Crippen LogP contribution in [0.5, 0.6) is 0 Å². The van der Waals surface area contributed by atoms with Gasteiger partial charge in [0, 0.05) is 0 Å². The Morgan fingerprint density at radius 2 is 1.73 bits per heavy atom. The van der Waals surface area contributed by atoms with E-state index in [2.05, 4.69) is 13.8 Å². The summed E-state index contributed by atoms with van der Waals surface area (Å²) < 4.78 is 5.04. The van der Waals surface area contributed by atoms with Crippen LogP contribution in [0.3, 0.4) is 0 Å². The standard InChI is InChI=1S/C12H24O3/c1-8(2)6-11(9(3)4)12(14)15-7-10(5)13/h8-11,13H,6-7H2,1-5H3. The van der Waals surface area contributed by atoms with Crippen molar-refractivity contribution in [2.45, 2.75) is 47.1 Å². The summed E-state index contributed by atoms with van der Waals surface area (Å²) in [6, 6.07) is 0. The third-order valence-corrected chi connectivity index (χ3v) is 2.30. The Morgan fingerprint density at radius 3 is 2.07 bits per heavy atom. The Morgan fingerprint density at radius 1 is 1.20 bits per heavy atom. The van der Waals surface area contributed by atoms with E-state index in [9.17, 15) is 4.79 Å². The number of rotatable bonds is 6. The minimum Gasteiger partial charge on any atom is -0.463 e. The minimum absolute atomic E-state index is 0.0521. The van der Waals surface area contributed by atoms with Gasteiger partial charge in [0.2, 0.25) is 0 Å². The fourth-order valence-corrected chi connectivity index (χ4v) is 1.46. The van der Waals surface area contributed by atoms with Crippen LogP contribution in [0.4, 0.5) is 0 Å². The molecule has 0 bridgehead atoms. The predicted molar refractivity (Wildman–Crippen MR) is 60.4 cm³/mol. The zero-order chi connectivity index (χ0) is 12.0. The number of ether oxygens (including phenoxy) is 1. The number of hydrogen-bond acceptors (Lipinski definition) is 3. The van der Waals surface area contributed by atoms with Crippen LogP contribution < -0.4 is 0 Å². The molecule has 0 aliphatic carbocycles. The molecule has 0 aromatic heterocycles. The van der Waals surface area contributed by atoms with Crippen molar-refractivity contribution in [1.82, 2.24) is 0 Å². The molecule has 3 heteroatoms. The predicted octanol–water partition coefficient (Wildman–Crippen LogP) is 2.23. The average molecular weight is 216 g/mol. The molecule has 0 amide bonds. The fraction of sp³-hybridized carbons (Fsp3) is 0.917. The smallest absolute Gasteiger partial charge is 0.309 e. The first kappa shape index (κ1) is 14.4. The van der Waals surface area contributed by atoms with Gasteiger partial charge in [-0.15, -0.1) is 0 Å². The third kappa shape index (κ3) is 6.50. The molecule has 0 heterocycles. The van der Waals surface area contributed by atoms with Crippen LogP contribution in [0.2, 0.25) is 0 Å².